The monoisotopic (exact) mass is 283 g/mol. The molecular weight excluding hydrogens is 262 g/mol. The van der Waals surface area contributed by atoms with E-state index < -0.39 is 0 Å². The maximum Gasteiger partial charge on any atom is 0.110 e. The van der Waals surface area contributed by atoms with E-state index in [2.05, 4.69) is 34.0 Å². The SMILES string of the molecule is CCCc1nc2cc(N)ccc2n1C(C)Cn1ccnc1. The van der Waals surface area contributed by atoms with Crippen molar-refractivity contribution in [2.45, 2.75) is 39.3 Å². The first-order valence-corrected chi connectivity index (χ1v) is 7.41. The number of aromatic nitrogens is 4. The molecule has 0 aliphatic rings. The second-order valence-corrected chi connectivity index (χ2v) is 5.50. The van der Waals surface area contributed by atoms with Crippen molar-refractivity contribution in [2.24, 2.45) is 0 Å². The fourth-order valence-corrected chi connectivity index (χ4v) is 2.84. The van der Waals surface area contributed by atoms with Gasteiger partial charge in [-0.15, -0.1) is 0 Å². The highest BCUT2D eigenvalue weighted by Crippen LogP contribution is 2.24. The number of hydrogen-bond donors (Lipinski definition) is 1. The number of rotatable bonds is 5. The lowest BCUT2D eigenvalue weighted by Gasteiger charge is -2.18. The van der Waals surface area contributed by atoms with Gasteiger partial charge in [0.25, 0.3) is 0 Å². The van der Waals surface area contributed by atoms with Crippen LogP contribution in [0.5, 0.6) is 0 Å². The molecule has 0 aliphatic heterocycles. The molecule has 0 aliphatic carbocycles. The third-order valence-electron chi connectivity index (χ3n) is 3.74. The van der Waals surface area contributed by atoms with E-state index in [4.69, 9.17) is 10.7 Å². The van der Waals surface area contributed by atoms with E-state index in [9.17, 15) is 0 Å². The molecule has 5 heteroatoms. The van der Waals surface area contributed by atoms with Crippen molar-refractivity contribution < 1.29 is 0 Å². The molecular formula is C16H21N5. The van der Waals surface area contributed by atoms with Crippen LogP contribution in [0.2, 0.25) is 0 Å². The summed E-state index contributed by atoms with van der Waals surface area (Å²) in [6.07, 6.45) is 7.71. The summed E-state index contributed by atoms with van der Waals surface area (Å²) in [5, 5.41) is 0. The van der Waals surface area contributed by atoms with Crippen LogP contribution in [0.25, 0.3) is 11.0 Å². The van der Waals surface area contributed by atoms with Crippen LogP contribution in [0.1, 0.15) is 32.1 Å². The number of hydrogen-bond acceptors (Lipinski definition) is 3. The maximum atomic E-state index is 5.88. The number of nitrogen functional groups attached to an aromatic ring is 1. The summed E-state index contributed by atoms with van der Waals surface area (Å²) in [7, 11) is 0. The highest BCUT2D eigenvalue weighted by atomic mass is 15.1. The van der Waals surface area contributed by atoms with Crippen molar-refractivity contribution in [3.05, 3.63) is 42.7 Å². The van der Waals surface area contributed by atoms with Gasteiger partial charge in [0.1, 0.15) is 5.82 Å². The van der Waals surface area contributed by atoms with Crippen LogP contribution in [0.15, 0.2) is 36.9 Å². The number of fused-ring (bicyclic) bond motifs is 1. The average Bonchev–Trinajstić information content (AvgIpc) is 3.05. The Bertz CT molecular complexity index is 727. The molecule has 0 saturated carbocycles. The minimum atomic E-state index is 0.314. The number of aryl methyl sites for hydroxylation is 1. The summed E-state index contributed by atoms with van der Waals surface area (Å²) >= 11 is 0. The number of nitrogens with two attached hydrogens (primary N) is 1. The Morgan fingerprint density at radius 1 is 1.33 bits per heavy atom. The molecule has 2 aromatic heterocycles. The van der Waals surface area contributed by atoms with Crippen molar-refractivity contribution >= 4 is 16.7 Å². The lowest BCUT2D eigenvalue weighted by Crippen LogP contribution is -2.15. The zero-order valence-electron chi connectivity index (χ0n) is 12.5. The molecule has 0 radical (unpaired) electrons. The Morgan fingerprint density at radius 2 is 2.19 bits per heavy atom. The lowest BCUT2D eigenvalue weighted by molar-refractivity contribution is 0.459. The normalized spacial score (nSPS) is 12.9. The molecule has 3 rings (SSSR count). The van der Waals surface area contributed by atoms with Gasteiger partial charge in [-0.25, -0.2) is 9.97 Å². The molecule has 0 amide bonds. The Kier molecular flexibility index (Phi) is 3.64. The topological polar surface area (TPSA) is 61.7 Å². The van der Waals surface area contributed by atoms with Gasteiger partial charge < -0.3 is 14.9 Å². The summed E-state index contributed by atoms with van der Waals surface area (Å²) < 4.78 is 4.43. The van der Waals surface area contributed by atoms with E-state index in [0.717, 1.165) is 41.9 Å². The molecule has 1 aromatic carbocycles. The number of imidazole rings is 2. The molecule has 1 unspecified atom stereocenters. The highest BCUT2D eigenvalue weighted by Gasteiger charge is 2.15. The fourth-order valence-electron chi connectivity index (χ4n) is 2.84. The van der Waals surface area contributed by atoms with Gasteiger partial charge in [0.2, 0.25) is 0 Å². The fraction of sp³-hybridized carbons (Fsp3) is 0.375. The largest absolute Gasteiger partial charge is 0.399 e. The molecule has 0 bridgehead atoms. The van der Waals surface area contributed by atoms with Gasteiger partial charge in [0, 0.05) is 31.0 Å². The minimum absolute atomic E-state index is 0.314. The van der Waals surface area contributed by atoms with Crippen molar-refractivity contribution in [3.63, 3.8) is 0 Å². The number of nitrogens with zero attached hydrogens (tertiary/aromatic N) is 4. The summed E-state index contributed by atoms with van der Waals surface area (Å²) in [6.45, 7) is 5.28. The van der Waals surface area contributed by atoms with E-state index >= 15 is 0 Å². The van der Waals surface area contributed by atoms with Gasteiger partial charge in [-0.2, -0.15) is 0 Å². The van der Waals surface area contributed by atoms with Crippen LogP contribution in [0, 0.1) is 0 Å². The van der Waals surface area contributed by atoms with Crippen LogP contribution in [-0.2, 0) is 13.0 Å². The first kappa shape index (κ1) is 13.7. The predicted octanol–water partition coefficient (Wildman–Crippen LogP) is 3.03. The van der Waals surface area contributed by atoms with Crippen LogP contribution < -0.4 is 5.73 Å². The van der Waals surface area contributed by atoms with Gasteiger partial charge in [0.15, 0.2) is 0 Å². The third-order valence-corrected chi connectivity index (χ3v) is 3.74. The predicted molar refractivity (Wildman–Crippen MR) is 85.1 cm³/mol. The van der Waals surface area contributed by atoms with E-state index in [-0.39, 0.29) is 0 Å². The van der Waals surface area contributed by atoms with Gasteiger partial charge in [-0.3, -0.25) is 0 Å². The van der Waals surface area contributed by atoms with Gasteiger partial charge in [-0.05, 0) is 31.5 Å². The first-order chi connectivity index (χ1) is 10.2. The molecule has 110 valence electrons. The summed E-state index contributed by atoms with van der Waals surface area (Å²) in [5.41, 5.74) is 8.78. The molecule has 0 spiro atoms. The first-order valence-electron chi connectivity index (χ1n) is 7.41. The Labute approximate surface area is 124 Å². The Balaban J connectivity index is 2.03. The highest BCUT2D eigenvalue weighted by molar-refractivity contribution is 5.79. The molecule has 0 saturated heterocycles. The van der Waals surface area contributed by atoms with Gasteiger partial charge in [0.05, 0.1) is 23.4 Å². The van der Waals surface area contributed by atoms with Crippen molar-refractivity contribution in [2.75, 3.05) is 5.73 Å². The van der Waals surface area contributed by atoms with Crippen molar-refractivity contribution in [3.8, 4) is 0 Å². The van der Waals surface area contributed by atoms with E-state index in [1.54, 1.807) is 0 Å². The van der Waals surface area contributed by atoms with Gasteiger partial charge in [-0.1, -0.05) is 6.92 Å². The molecule has 2 N–H and O–H groups in total. The van der Waals surface area contributed by atoms with E-state index in [1.807, 2.05) is 30.9 Å². The summed E-state index contributed by atoms with van der Waals surface area (Å²) in [6, 6.07) is 6.28. The standard InChI is InChI=1S/C16H21N5/c1-3-4-16-19-14-9-13(17)5-6-15(14)21(16)12(2)10-20-8-7-18-11-20/h5-9,11-12H,3-4,10,17H2,1-2H3. The third kappa shape index (κ3) is 2.63. The number of anilines is 1. The van der Waals surface area contributed by atoms with Crippen molar-refractivity contribution in [1.29, 1.82) is 0 Å². The maximum absolute atomic E-state index is 5.88. The number of benzene rings is 1. The van der Waals surface area contributed by atoms with Crippen LogP contribution >= 0.6 is 0 Å². The smallest absolute Gasteiger partial charge is 0.110 e. The average molecular weight is 283 g/mol. The molecule has 1 atom stereocenters. The lowest BCUT2D eigenvalue weighted by atomic mass is 10.2. The zero-order valence-corrected chi connectivity index (χ0v) is 12.5. The Hall–Kier alpha value is -2.30. The van der Waals surface area contributed by atoms with E-state index in [1.165, 1.54) is 0 Å². The Morgan fingerprint density at radius 3 is 2.90 bits per heavy atom. The molecule has 21 heavy (non-hydrogen) atoms. The second-order valence-electron chi connectivity index (χ2n) is 5.50. The molecule has 5 nitrogen and oxygen atoms in total. The molecule has 3 aromatic rings. The second kappa shape index (κ2) is 5.60. The summed E-state index contributed by atoms with van der Waals surface area (Å²) in [5.74, 6) is 1.13. The minimum Gasteiger partial charge on any atom is -0.399 e. The quantitative estimate of drug-likeness (QED) is 0.732. The van der Waals surface area contributed by atoms with Crippen LogP contribution in [0.3, 0.4) is 0 Å². The summed E-state index contributed by atoms with van der Waals surface area (Å²) in [4.78, 5) is 8.88. The molecule has 0 fully saturated rings. The van der Waals surface area contributed by atoms with Crippen molar-refractivity contribution in [1.82, 2.24) is 19.1 Å². The van der Waals surface area contributed by atoms with Crippen LogP contribution in [-0.4, -0.2) is 19.1 Å². The molecule has 2 heterocycles. The van der Waals surface area contributed by atoms with Crippen LogP contribution in [0.4, 0.5) is 5.69 Å². The van der Waals surface area contributed by atoms with Gasteiger partial charge >= 0.3 is 0 Å². The zero-order chi connectivity index (χ0) is 14.8. The van der Waals surface area contributed by atoms with E-state index in [0.29, 0.717) is 6.04 Å².